The highest BCUT2D eigenvalue weighted by Crippen LogP contribution is 2.19. The van der Waals surface area contributed by atoms with Gasteiger partial charge in [-0.3, -0.25) is 0 Å². The predicted molar refractivity (Wildman–Crippen MR) is 73.0 cm³/mol. The summed E-state index contributed by atoms with van der Waals surface area (Å²) >= 11 is 0. The van der Waals surface area contributed by atoms with Gasteiger partial charge < -0.3 is 14.8 Å². The van der Waals surface area contributed by atoms with Crippen molar-refractivity contribution in [3.63, 3.8) is 0 Å². The summed E-state index contributed by atoms with van der Waals surface area (Å²) in [5.41, 5.74) is 1.25. The maximum Gasteiger partial charge on any atom is 0.119 e. The largest absolute Gasteiger partial charge is 0.497 e. The van der Waals surface area contributed by atoms with Crippen molar-refractivity contribution in [1.29, 1.82) is 0 Å². The number of nitrogens with one attached hydrogen (secondary N) is 1. The maximum atomic E-state index is 5.72. The molecule has 1 aliphatic heterocycles. The summed E-state index contributed by atoms with van der Waals surface area (Å²) in [6, 6.07) is 8.54. The molecular formula is C15H23NO2. The Morgan fingerprint density at radius 1 is 1.44 bits per heavy atom. The Bertz CT molecular complexity index is 361. The van der Waals surface area contributed by atoms with E-state index >= 15 is 0 Å². The summed E-state index contributed by atoms with van der Waals surface area (Å²) in [5.74, 6) is 0.912. The summed E-state index contributed by atoms with van der Waals surface area (Å²) in [4.78, 5) is 0. The van der Waals surface area contributed by atoms with Gasteiger partial charge in [-0.25, -0.2) is 0 Å². The van der Waals surface area contributed by atoms with Crippen molar-refractivity contribution in [3.05, 3.63) is 29.8 Å². The Kier molecular flexibility index (Phi) is 5.02. The lowest BCUT2D eigenvalue weighted by molar-refractivity contribution is 0.0156. The lowest BCUT2D eigenvalue weighted by Crippen LogP contribution is -2.33. The highest BCUT2D eigenvalue weighted by molar-refractivity contribution is 5.30. The molecule has 0 spiro atoms. The lowest BCUT2D eigenvalue weighted by Gasteiger charge is -2.25. The van der Waals surface area contributed by atoms with Crippen LogP contribution in [0.4, 0.5) is 0 Å². The first-order chi connectivity index (χ1) is 8.79. The van der Waals surface area contributed by atoms with E-state index in [4.69, 9.17) is 9.47 Å². The third-order valence-electron chi connectivity index (χ3n) is 3.52. The molecule has 3 heteroatoms. The average molecular weight is 249 g/mol. The average Bonchev–Trinajstić information content (AvgIpc) is 2.46. The highest BCUT2D eigenvalue weighted by atomic mass is 16.5. The minimum absolute atomic E-state index is 0.325. The monoisotopic (exact) mass is 249 g/mol. The van der Waals surface area contributed by atoms with E-state index in [0.29, 0.717) is 12.1 Å². The van der Waals surface area contributed by atoms with Gasteiger partial charge in [-0.1, -0.05) is 12.1 Å². The van der Waals surface area contributed by atoms with Gasteiger partial charge in [0.05, 0.1) is 13.2 Å². The Morgan fingerprint density at radius 2 is 2.33 bits per heavy atom. The standard InChI is InChI=1S/C15H23NO2/c1-12(13-6-5-8-14(10-13)17-2)16-11-15-7-3-4-9-18-15/h5-6,8,10,12,15-16H,3-4,7,9,11H2,1-2H3. The SMILES string of the molecule is COc1cccc(C(C)NCC2CCCCO2)c1. The molecule has 1 saturated heterocycles. The van der Waals surface area contributed by atoms with Crippen LogP contribution < -0.4 is 10.1 Å². The van der Waals surface area contributed by atoms with Crippen LogP contribution in [0.25, 0.3) is 0 Å². The Hall–Kier alpha value is -1.06. The molecule has 0 radical (unpaired) electrons. The molecule has 0 amide bonds. The van der Waals surface area contributed by atoms with E-state index in [-0.39, 0.29) is 0 Å². The molecular weight excluding hydrogens is 226 g/mol. The summed E-state index contributed by atoms with van der Waals surface area (Å²) in [7, 11) is 1.70. The normalized spacial score (nSPS) is 21.6. The Balaban J connectivity index is 1.84. The molecule has 0 aromatic heterocycles. The van der Waals surface area contributed by atoms with Crippen LogP contribution in [0, 0.1) is 0 Å². The van der Waals surface area contributed by atoms with Crippen LogP contribution in [0.15, 0.2) is 24.3 Å². The van der Waals surface area contributed by atoms with Crippen molar-refractivity contribution >= 4 is 0 Å². The van der Waals surface area contributed by atoms with Gasteiger partial charge in [0.1, 0.15) is 5.75 Å². The number of hydrogen-bond acceptors (Lipinski definition) is 3. The van der Waals surface area contributed by atoms with E-state index < -0.39 is 0 Å². The van der Waals surface area contributed by atoms with Crippen molar-refractivity contribution < 1.29 is 9.47 Å². The first-order valence-corrected chi connectivity index (χ1v) is 6.78. The molecule has 100 valence electrons. The molecule has 0 saturated carbocycles. The Morgan fingerprint density at radius 3 is 3.06 bits per heavy atom. The zero-order valence-corrected chi connectivity index (χ0v) is 11.3. The molecule has 1 N–H and O–H groups in total. The summed E-state index contributed by atoms with van der Waals surface area (Å²) in [6.07, 6.45) is 4.06. The minimum Gasteiger partial charge on any atom is -0.497 e. The van der Waals surface area contributed by atoms with Gasteiger partial charge in [0.2, 0.25) is 0 Å². The van der Waals surface area contributed by atoms with Crippen molar-refractivity contribution in [2.75, 3.05) is 20.3 Å². The number of hydrogen-bond donors (Lipinski definition) is 1. The molecule has 18 heavy (non-hydrogen) atoms. The first kappa shape index (κ1) is 13.4. The zero-order chi connectivity index (χ0) is 12.8. The third-order valence-corrected chi connectivity index (χ3v) is 3.52. The molecule has 1 aromatic rings. The molecule has 2 rings (SSSR count). The first-order valence-electron chi connectivity index (χ1n) is 6.78. The fourth-order valence-electron chi connectivity index (χ4n) is 2.31. The smallest absolute Gasteiger partial charge is 0.119 e. The quantitative estimate of drug-likeness (QED) is 0.870. The number of methoxy groups -OCH3 is 1. The number of ether oxygens (including phenoxy) is 2. The highest BCUT2D eigenvalue weighted by Gasteiger charge is 2.15. The molecule has 1 heterocycles. The molecule has 2 atom stereocenters. The van der Waals surface area contributed by atoms with Crippen molar-refractivity contribution in [1.82, 2.24) is 5.32 Å². The topological polar surface area (TPSA) is 30.5 Å². The van der Waals surface area contributed by atoms with Crippen LogP contribution in [0.5, 0.6) is 5.75 Å². The van der Waals surface area contributed by atoms with Crippen LogP contribution in [0.3, 0.4) is 0 Å². The molecule has 0 bridgehead atoms. The van der Waals surface area contributed by atoms with Crippen LogP contribution in [-0.2, 0) is 4.74 Å². The summed E-state index contributed by atoms with van der Waals surface area (Å²) < 4.78 is 11.0. The fourth-order valence-corrected chi connectivity index (χ4v) is 2.31. The van der Waals surface area contributed by atoms with E-state index in [9.17, 15) is 0 Å². The summed E-state index contributed by atoms with van der Waals surface area (Å²) in [5, 5.41) is 3.54. The van der Waals surface area contributed by atoms with Gasteiger partial charge >= 0.3 is 0 Å². The molecule has 2 unspecified atom stereocenters. The fraction of sp³-hybridized carbons (Fsp3) is 0.600. The van der Waals surface area contributed by atoms with Crippen molar-refractivity contribution in [2.24, 2.45) is 0 Å². The lowest BCUT2D eigenvalue weighted by atomic mass is 10.1. The van der Waals surface area contributed by atoms with E-state index in [0.717, 1.165) is 18.9 Å². The molecule has 3 nitrogen and oxygen atoms in total. The van der Waals surface area contributed by atoms with Crippen molar-refractivity contribution in [2.45, 2.75) is 38.3 Å². The van der Waals surface area contributed by atoms with Gasteiger partial charge in [0.25, 0.3) is 0 Å². The van der Waals surface area contributed by atoms with Gasteiger partial charge in [0.15, 0.2) is 0 Å². The second-order valence-corrected chi connectivity index (χ2v) is 4.90. The number of benzene rings is 1. The Labute approximate surface area is 109 Å². The van der Waals surface area contributed by atoms with Crippen LogP contribution in [0.1, 0.15) is 37.8 Å². The molecule has 1 fully saturated rings. The van der Waals surface area contributed by atoms with E-state index in [1.807, 2.05) is 12.1 Å². The molecule has 1 aliphatic rings. The minimum atomic E-state index is 0.325. The number of rotatable bonds is 5. The van der Waals surface area contributed by atoms with E-state index in [1.54, 1.807) is 7.11 Å². The van der Waals surface area contributed by atoms with Gasteiger partial charge in [0, 0.05) is 19.2 Å². The van der Waals surface area contributed by atoms with Gasteiger partial charge in [-0.15, -0.1) is 0 Å². The summed E-state index contributed by atoms with van der Waals surface area (Å²) in [6.45, 7) is 4.02. The van der Waals surface area contributed by atoms with Crippen molar-refractivity contribution in [3.8, 4) is 5.75 Å². The third kappa shape index (κ3) is 3.72. The zero-order valence-electron chi connectivity index (χ0n) is 11.3. The molecule has 0 aliphatic carbocycles. The van der Waals surface area contributed by atoms with Gasteiger partial charge in [-0.2, -0.15) is 0 Å². The van der Waals surface area contributed by atoms with Gasteiger partial charge in [-0.05, 0) is 43.9 Å². The second-order valence-electron chi connectivity index (χ2n) is 4.90. The van der Waals surface area contributed by atoms with E-state index in [2.05, 4.69) is 24.4 Å². The second kappa shape index (κ2) is 6.76. The van der Waals surface area contributed by atoms with Crippen LogP contribution >= 0.6 is 0 Å². The van der Waals surface area contributed by atoms with Crippen LogP contribution in [-0.4, -0.2) is 26.4 Å². The van der Waals surface area contributed by atoms with Crippen LogP contribution in [0.2, 0.25) is 0 Å². The predicted octanol–water partition coefficient (Wildman–Crippen LogP) is 2.91. The molecule has 1 aromatic carbocycles. The van der Waals surface area contributed by atoms with E-state index in [1.165, 1.54) is 24.8 Å². The maximum absolute atomic E-state index is 5.72.